The topological polar surface area (TPSA) is 182 Å². The van der Waals surface area contributed by atoms with Crippen molar-refractivity contribution in [3.05, 3.63) is 67.3 Å². The molecule has 0 unspecified atom stereocenters. The van der Waals surface area contributed by atoms with Gasteiger partial charge in [0, 0.05) is 55.7 Å². The molecule has 2 aliphatic rings. The zero-order valence-corrected chi connectivity index (χ0v) is 25.3. The van der Waals surface area contributed by atoms with E-state index in [0.717, 1.165) is 6.07 Å². The number of fused-ring (bicyclic) bond motifs is 2. The number of carbonyl (C=O) groups excluding carboxylic acids is 6. The Morgan fingerprint density at radius 2 is 1.30 bits per heavy atom. The fourth-order valence-electron chi connectivity index (χ4n) is 5.82. The molecule has 0 saturated heterocycles. The number of carbonyl (C=O) groups is 6. The van der Waals surface area contributed by atoms with Crippen molar-refractivity contribution >= 4 is 35.4 Å². The van der Waals surface area contributed by atoms with Gasteiger partial charge in [0.05, 0.1) is 12.2 Å². The largest absolute Gasteiger partial charge is 0.504 e. The molecule has 0 heterocycles. The molecule has 44 heavy (non-hydrogen) atoms. The molecule has 230 valence electrons. The molecule has 2 aromatic rings. The number of esters is 1. The van der Waals surface area contributed by atoms with E-state index >= 15 is 0 Å². The summed E-state index contributed by atoms with van der Waals surface area (Å²) in [4.78, 5) is 80.1. The second-order valence-corrected chi connectivity index (χ2v) is 11.2. The molecule has 4 rings (SSSR count). The second kappa shape index (κ2) is 11.6. The van der Waals surface area contributed by atoms with Gasteiger partial charge in [0.25, 0.3) is 0 Å². The molecule has 0 aliphatic heterocycles. The summed E-state index contributed by atoms with van der Waals surface area (Å²) >= 11 is 0. The number of aromatic hydroxyl groups is 3. The SMILES string of the molecule is CCOC(=O)COc1cc2c(c(C(C)C)c1O)C(=O)C(C)=C(C1=C(C)C(=O)c3c(c(C=O)c(O)c(O)c3C(C)C)C1=O)C2=O. The summed E-state index contributed by atoms with van der Waals surface area (Å²) in [6.45, 7) is 10.3. The van der Waals surface area contributed by atoms with Gasteiger partial charge in [-0.15, -0.1) is 0 Å². The highest BCUT2D eigenvalue weighted by molar-refractivity contribution is 6.38. The average Bonchev–Trinajstić information content (AvgIpc) is 2.96. The number of Topliss-reactive ketones (excluding diaryl/α,β-unsaturated/α-hetero) is 4. The van der Waals surface area contributed by atoms with Crippen LogP contribution in [0.2, 0.25) is 0 Å². The van der Waals surface area contributed by atoms with Gasteiger partial charge < -0.3 is 24.8 Å². The highest BCUT2D eigenvalue weighted by atomic mass is 16.6. The quantitative estimate of drug-likeness (QED) is 0.212. The minimum Gasteiger partial charge on any atom is -0.504 e. The molecule has 2 aromatic carbocycles. The number of phenolic OH excluding ortho intramolecular Hbond substituents is 3. The standard InChI is InChI=1S/C33H32O11/c1-8-43-19(35)11-44-18-9-16-24(20(12(2)3)31(18)40)27(36)14(6)22(29(16)38)23-15(7)28(37)26-21(13(4)5)33(42)30(39)17(10-34)25(26)32(23)41/h9-10,12-13,39-40,42H,8,11H2,1-7H3. The van der Waals surface area contributed by atoms with E-state index in [2.05, 4.69) is 0 Å². The minimum absolute atomic E-state index is 0.0395. The number of ether oxygens (including phenoxy) is 2. The summed E-state index contributed by atoms with van der Waals surface area (Å²) in [6.07, 6.45) is 0.136. The molecule has 11 nitrogen and oxygen atoms in total. The van der Waals surface area contributed by atoms with E-state index in [4.69, 9.17) is 9.47 Å². The van der Waals surface area contributed by atoms with E-state index in [1.165, 1.54) is 13.8 Å². The Kier molecular flexibility index (Phi) is 8.37. The lowest BCUT2D eigenvalue weighted by Gasteiger charge is -2.29. The lowest BCUT2D eigenvalue weighted by Crippen LogP contribution is -2.31. The molecule has 0 fully saturated rings. The number of ketones is 4. The Labute approximate surface area is 252 Å². The Hall–Kier alpha value is -5.06. The second-order valence-electron chi connectivity index (χ2n) is 11.2. The van der Waals surface area contributed by atoms with Crippen molar-refractivity contribution in [2.45, 2.75) is 60.3 Å². The fourth-order valence-corrected chi connectivity index (χ4v) is 5.82. The molecule has 0 radical (unpaired) electrons. The van der Waals surface area contributed by atoms with Crippen molar-refractivity contribution in [3.8, 4) is 23.0 Å². The molecule has 0 aromatic heterocycles. The first-order valence-electron chi connectivity index (χ1n) is 14.0. The zero-order valence-electron chi connectivity index (χ0n) is 25.3. The molecule has 0 atom stereocenters. The summed E-state index contributed by atoms with van der Waals surface area (Å²) in [6, 6.07) is 1.10. The van der Waals surface area contributed by atoms with Gasteiger partial charge in [-0.2, -0.15) is 0 Å². The Balaban J connectivity index is 1.99. The third-order valence-electron chi connectivity index (χ3n) is 7.81. The van der Waals surface area contributed by atoms with Gasteiger partial charge >= 0.3 is 5.97 Å². The summed E-state index contributed by atoms with van der Waals surface area (Å²) in [5.74, 6) is -7.34. The van der Waals surface area contributed by atoms with Crippen LogP contribution in [0, 0.1) is 0 Å². The van der Waals surface area contributed by atoms with Gasteiger partial charge in [-0.05, 0) is 38.7 Å². The third kappa shape index (κ3) is 4.68. The number of aldehydes is 1. The molecule has 0 amide bonds. The monoisotopic (exact) mass is 604 g/mol. The Morgan fingerprint density at radius 1 is 0.773 bits per heavy atom. The number of hydrogen-bond donors (Lipinski definition) is 3. The summed E-state index contributed by atoms with van der Waals surface area (Å²) in [5.41, 5.74) is -2.87. The van der Waals surface area contributed by atoms with Crippen LogP contribution in [0.1, 0.15) is 123 Å². The third-order valence-corrected chi connectivity index (χ3v) is 7.81. The van der Waals surface area contributed by atoms with Crippen LogP contribution in [0.5, 0.6) is 23.0 Å². The molecule has 0 bridgehead atoms. The maximum atomic E-state index is 14.2. The molecule has 0 saturated carbocycles. The molecule has 0 spiro atoms. The predicted octanol–water partition coefficient (Wildman–Crippen LogP) is 4.90. The molecular formula is C33H32O11. The maximum absolute atomic E-state index is 14.2. The number of benzene rings is 2. The van der Waals surface area contributed by atoms with E-state index in [9.17, 15) is 44.1 Å². The molecular weight excluding hydrogens is 572 g/mol. The predicted molar refractivity (Wildman–Crippen MR) is 156 cm³/mol. The first-order chi connectivity index (χ1) is 20.6. The van der Waals surface area contributed by atoms with Crippen molar-refractivity contribution in [3.63, 3.8) is 0 Å². The first-order valence-corrected chi connectivity index (χ1v) is 14.0. The molecule has 3 N–H and O–H groups in total. The number of phenols is 3. The number of hydrogen-bond acceptors (Lipinski definition) is 11. The Bertz CT molecular complexity index is 1770. The van der Waals surface area contributed by atoms with Gasteiger partial charge in [-0.3, -0.25) is 24.0 Å². The van der Waals surface area contributed by atoms with Gasteiger partial charge in [-0.1, -0.05) is 27.7 Å². The van der Waals surface area contributed by atoms with Crippen LogP contribution in [0.25, 0.3) is 0 Å². The molecule has 11 heteroatoms. The van der Waals surface area contributed by atoms with E-state index < -0.39 is 87.1 Å². The maximum Gasteiger partial charge on any atom is 0.344 e. The van der Waals surface area contributed by atoms with Crippen LogP contribution < -0.4 is 4.74 Å². The van der Waals surface area contributed by atoms with E-state index in [1.54, 1.807) is 34.6 Å². The van der Waals surface area contributed by atoms with Crippen molar-refractivity contribution in [2.24, 2.45) is 0 Å². The lowest BCUT2D eigenvalue weighted by atomic mass is 9.71. The summed E-state index contributed by atoms with van der Waals surface area (Å²) in [7, 11) is 0. The summed E-state index contributed by atoms with van der Waals surface area (Å²) in [5, 5.41) is 32.3. The zero-order chi connectivity index (χ0) is 32.9. The van der Waals surface area contributed by atoms with Gasteiger partial charge in [-0.25, -0.2) is 4.79 Å². The highest BCUT2D eigenvalue weighted by Gasteiger charge is 2.44. The Morgan fingerprint density at radius 3 is 1.82 bits per heavy atom. The van der Waals surface area contributed by atoms with Crippen LogP contribution in [0.4, 0.5) is 0 Å². The van der Waals surface area contributed by atoms with Crippen molar-refractivity contribution in [1.82, 2.24) is 0 Å². The van der Waals surface area contributed by atoms with Crippen molar-refractivity contribution in [1.29, 1.82) is 0 Å². The fraction of sp³-hybridized carbons (Fsp3) is 0.333. The van der Waals surface area contributed by atoms with Crippen LogP contribution in [-0.2, 0) is 9.53 Å². The van der Waals surface area contributed by atoms with Crippen molar-refractivity contribution in [2.75, 3.05) is 13.2 Å². The van der Waals surface area contributed by atoms with E-state index in [0.29, 0.717) is 0 Å². The van der Waals surface area contributed by atoms with Crippen molar-refractivity contribution < 1.29 is 53.6 Å². The molecule has 2 aliphatic carbocycles. The van der Waals surface area contributed by atoms with Crippen LogP contribution in [0.3, 0.4) is 0 Å². The van der Waals surface area contributed by atoms with Crippen LogP contribution in [0.15, 0.2) is 28.4 Å². The summed E-state index contributed by atoms with van der Waals surface area (Å²) < 4.78 is 10.3. The van der Waals surface area contributed by atoms with Gasteiger partial charge in [0.2, 0.25) is 0 Å². The van der Waals surface area contributed by atoms with E-state index in [-0.39, 0.29) is 57.6 Å². The average molecular weight is 605 g/mol. The van der Waals surface area contributed by atoms with Crippen LogP contribution in [-0.4, -0.2) is 63.9 Å². The van der Waals surface area contributed by atoms with Gasteiger partial charge in [0.1, 0.15) is 0 Å². The van der Waals surface area contributed by atoms with E-state index in [1.807, 2.05) is 0 Å². The lowest BCUT2D eigenvalue weighted by molar-refractivity contribution is -0.145. The minimum atomic E-state index is -0.961. The van der Waals surface area contributed by atoms with Crippen LogP contribution >= 0.6 is 0 Å². The normalized spacial score (nSPS) is 14.8. The first kappa shape index (κ1) is 31.9. The number of rotatable bonds is 8. The number of allylic oxidation sites excluding steroid dienone is 4. The smallest absolute Gasteiger partial charge is 0.344 e. The van der Waals surface area contributed by atoms with Gasteiger partial charge in [0.15, 0.2) is 59.0 Å². The highest BCUT2D eigenvalue weighted by Crippen LogP contribution is 2.48.